The third-order valence-electron chi connectivity index (χ3n) is 3.35. The molecule has 0 bridgehead atoms. The second kappa shape index (κ2) is 6.06. The second-order valence-corrected chi connectivity index (χ2v) is 4.39. The Kier molecular flexibility index (Phi) is 5.00. The minimum Gasteiger partial charge on any atom is -0.0953 e. The predicted molar refractivity (Wildman–Crippen MR) is 64.4 cm³/mol. The quantitative estimate of drug-likeness (QED) is 0.563. The van der Waals surface area contributed by atoms with Crippen LogP contribution in [-0.4, -0.2) is 0 Å². The van der Waals surface area contributed by atoms with Crippen LogP contribution in [0.2, 0.25) is 0 Å². The third-order valence-corrected chi connectivity index (χ3v) is 3.35. The van der Waals surface area contributed by atoms with Crippen LogP contribution in [0.15, 0.2) is 23.8 Å². The Bertz CT molecular complexity index is 210. The van der Waals surface area contributed by atoms with Crippen LogP contribution in [0.25, 0.3) is 0 Å². The lowest BCUT2D eigenvalue weighted by atomic mass is 9.87. The van der Waals surface area contributed by atoms with Crippen LogP contribution < -0.4 is 0 Å². The molecule has 0 saturated carbocycles. The van der Waals surface area contributed by atoms with Crippen LogP contribution in [-0.2, 0) is 0 Å². The molecule has 0 aromatic heterocycles. The summed E-state index contributed by atoms with van der Waals surface area (Å²) in [7, 11) is 0. The number of hydrogen-bond acceptors (Lipinski definition) is 0. The maximum Gasteiger partial charge on any atom is -0.0168 e. The molecule has 0 fully saturated rings. The zero-order valence-corrected chi connectivity index (χ0v) is 9.81. The van der Waals surface area contributed by atoms with Gasteiger partial charge in [0, 0.05) is 0 Å². The standard InChI is InChI=1S/C14H24/c1-4-6-9-13(5-2)12(3)14-10-7-8-11-14/h10,13H,3-9,11H2,1-2H3. The van der Waals surface area contributed by atoms with Crippen molar-refractivity contribution in [3.63, 3.8) is 0 Å². The topological polar surface area (TPSA) is 0 Å². The highest BCUT2D eigenvalue weighted by Gasteiger charge is 2.15. The minimum atomic E-state index is 0.749. The first-order valence-corrected chi connectivity index (χ1v) is 6.17. The zero-order chi connectivity index (χ0) is 10.4. The predicted octanol–water partition coefficient (Wildman–Crippen LogP) is 4.87. The van der Waals surface area contributed by atoms with Crippen molar-refractivity contribution in [3.8, 4) is 0 Å². The summed E-state index contributed by atoms with van der Waals surface area (Å²) in [6.07, 6.45) is 11.6. The van der Waals surface area contributed by atoms with Gasteiger partial charge in [-0.25, -0.2) is 0 Å². The molecule has 1 rings (SSSR count). The molecular formula is C14H24. The van der Waals surface area contributed by atoms with E-state index in [-0.39, 0.29) is 0 Å². The number of rotatable bonds is 6. The van der Waals surface area contributed by atoms with Crippen molar-refractivity contribution in [1.29, 1.82) is 0 Å². The summed E-state index contributed by atoms with van der Waals surface area (Å²) in [6, 6.07) is 0. The molecule has 0 heteroatoms. The lowest BCUT2D eigenvalue weighted by Crippen LogP contribution is -2.03. The van der Waals surface area contributed by atoms with Crippen LogP contribution in [0.3, 0.4) is 0 Å². The van der Waals surface area contributed by atoms with E-state index in [2.05, 4.69) is 26.5 Å². The molecule has 0 N–H and O–H groups in total. The van der Waals surface area contributed by atoms with Crippen LogP contribution in [0.5, 0.6) is 0 Å². The van der Waals surface area contributed by atoms with Crippen LogP contribution in [0, 0.1) is 5.92 Å². The molecule has 0 nitrogen and oxygen atoms in total. The fraction of sp³-hybridized carbons (Fsp3) is 0.714. The van der Waals surface area contributed by atoms with Gasteiger partial charge in [0.2, 0.25) is 0 Å². The lowest BCUT2D eigenvalue weighted by molar-refractivity contribution is 0.518. The van der Waals surface area contributed by atoms with Gasteiger partial charge in [-0.1, -0.05) is 39.3 Å². The average molecular weight is 192 g/mol. The Labute approximate surface area is 89.1 Å². The van der Waals surface area contributed by atoms with E-state index in [1.54, 1.807) is 5.57 Å². The van der Waals surface area contributed by atoms with Gasteiger partial charge in [-0.3, -0.25) is 0 Å². The molecule has 14 heavy (non-hydrogen) atoms. The van der Waals surface area contributed by atoms with E-state index in [1.165, 1.54) is 50.5 Å². The highest BCUT2D eigenvalue weighted by atomic mass is 14.2. The van der Waals surface area contributed by atoms with E-state index in [0.717, 1.165) is 5.92 Å². The van der Waals surface area contributed by atoms with Gasteiger partial charge < -0.3 is 0 Å². The molecule has 0 spiro atoms. The van der Waals surface area contributed by atoms with Crippen molar-refractivity contribution >= 4 is 0 Å². The summed E-state index contributed by atoms with van der Waals surface area (Å²) in [5.41, 5.74) is 3.01. The molecule has 1 unspecified atom stereocenters. The molecule has 0 aromatic carbocycles. The molecule has 0 amide bonds. The molecular weight excluding hydrogens is 168 g/mol. The third kappa shape index (κ3) is 3.01. The maximum absolute atomic E-state index is 4.29. The van der Waals surface area contributed by atoms with Gasteiger partial charge in [0.05, 0.1) is 0 Å². The van der Waals surface area contributed by atoms with Gasteiger partial charge in [-0.15, -0.1) is 0 Å². The molecule has 1 aliphatic rings. The Morgan fingerprint density at radius 3 is 2.79 bits per heavy atom. The van der Waals surface area contributed by atoms with Gasteiger partial charge >= 0.3 is 0 Å². The van der Waals surface area contributed by atoms with E-state index in [1.807, 2.05) is 0 Å². The normalized spacial score (nSPS) is 18.0. The molecule has 0 radical (unpaired) electrons. The molecule has 0 heterocycles. The van der Waals surface area contributed by atoms with Crippen molar-refractivity contribution in [3.05, 3.63) is 23.8 Å². The molecule has 1 aliphatic carbocycles. The second-order valence-electron chi connectivity index (χ2n) is 4.39. The SMILES string of the molecule is C=C(C1=CCCC1)C(CC)CCCC. The fourth-order valence-electron chi connectivity index (χ4n) is 2.30. The van der Waals surface area contributed by atoms with Gasteiger partial charge in [0.25, 0.3) is 0 Å². The molecule has 1 atom stereocenters. The first kappa shape index (κ1) is 11.6. The summed E-state index contributed by atoms with van der Waals surface area (Å²) < 4.78 is 0. The Hall–Kier alpha value is -0.520. The van der Waals surface area contributed by atoms with Gasteiger partial charge in [0.1, 0.15) is 0 Å². The number of allylic oxidation sites excluding steroid dienone is 3. The first-order valence-electron chi connectivity index (χ1n) is 6.17. The van der Waals surface area contributed by atoms with E-state index in [0.29, 0.717) is 0 Å². The van der Waals surface area contributed by atoms with E-state index in [9.17, 15) is 0 Å². The highest BCUT2D eigenvalue weighted by molar-refractivity contribution is 5.32. The van der Waals surface area contributed by atoms with Gasteiger partial charge in [-0.2, -0.15) is 0 Å². The summed E-state index contributed by atoms with van der Waals surface area (Å²) in [5, 5.41) is 0. The lowest BCUT2D eigenvalue weighted by Gasteiger charge is -2.18. The Morgan fingerprint density at radius 2 is 2.29 bits per heavy atom. The fourth-order valence-corrected chi connectivity index (χ4v) is 2.30. The van der Waals surface area contributed by atoms with Gasteiger partial charge in [-0.05, 0) is 49.2 Å². The van der Waals surface area contributed by atoms with Crippen LogP contribution >= 0.6 is 0 Å². The van der Waals surface area contributed by atoms with Crippen molar-refractivity contribution in [1.82, 2.24) is 0 Å². The summed E-state index contributed by atoms with van der Waals surface area (Å²) >= 11 is 0. The summed E-state index contributed by atoms with van der Waals surface area (Å²) in [6.45, 7) is 8.85. The summed E-state index contributed by atoms with van der Waals surface area (Å²) in [4.78, 5) is 0. The van der Waals surface area contributed by atoms with Crippen molar-refractivity contribution < 1.29 is 0 Å². The molecule has 80 valence electrons. The van der Waals surface area contributed by atoms with Crippen LogP contribution in [0.4, 0.5) is 0 Å². The first-order chi connectivity index (χ1) is 6.79. The maximum atomic E-state index is 4.29. The van der Waals surface area contributed by atoms with Crippen molar-refractivity contribution in [2.75, 3.05) is 0 Å². The average Bonchev–Trinajstić information content (AvgIpc) is 2.71. The monoisotopic (exact) mass is 192 g/mol. The van der Waals surface area contributed by atoms with Crippen LogP contribution in [0.1, 0.15) is 58.8 Å². The largest absolute Gasteiger partial charge is 0.0953 e. The number of hydrogen-bond donors (Lipinski definition) is 0. The molecule has 0 aliphatic heterocycles. The number of unbranched alkanes of at least 4 members (excludes halogenated alkanes) is 1. The highest BCUT2D eigenvalue weighted by Crippen LogP contribution is 2.32. The van der Waals surface area contributed by atoms with E-state index >= 15 is 0 Å². The molecule has 0 aromatic rings. The molecule has 0 saturated heterocycles. The minimum absolute atomic E-state index is 0.749. The van der Waals surface area contributed by atoms with E-state index < -0.39 is 0 Å². The van der Waals surface area contributed by atoms with Crippen molar-refractivity contribution in [2.45, 2.75) is 58.8 Å². The Balaban J connectivity index is 2.46. The van der Waals surface area contributed by atoms with Crippen molar-refractivity contribution in [2.24, 2.45) is 5.92 Å². The summed E-state index contributed by atoms with van der Waals surface area (Å²) in [5.74, 6) is 0.749. The van der Waals surface area contributed by atoms with Gasteiger partial charge in [0.15, 0.2) is 0 Å². The van der Waals surface area contributed by atoms with E-state index in [4.69, 9.17) is 0 Å². The zero-order valence-electron chi connectivity index (χ0n) is 9.81. The smallest absolute Gasteiger partial charge is 0.0168 e. The Morgan fingerprint density at radius 1 is 1.50 bits per heavy atom.